The molecular formula is C11H12O4S. The molecule has 0 unspecified atom stereocenters. The average Bonchev–Trinajstić information content (AvgIpc) is 2.95. The molecule has 4 nitrogen and oxygen atoms in total. The molecule has 1 aromatic rings. The van der Waals surface area contributed by atoms with E-state index in [1.165, 1.54) is 24.5 Å². The maximum absolute atomic E-state index is 10.9. The van der Waals surface area contributed by atoms with E-state index in [0.717, 1.165) is 10.4 Å². The Bertz CT molecular complexity index is 390. The molecule has 0 aliphatic carbocycles. The first-order chi connectivity index (χ1) is 7.79. The largest absolute Gasteiger partial charge is 0.466 e. The second-order valence-corrected chi connectivity index (χ2v) is 4.16. The summed E-state index contributed by atoms with van der Waals surface area (Å²) in [5.41, 5.74) is 0.993. The Labute approximate surface area is 97.4 Å². The summed E-state index contributed by atoms with van der Waals surface area (Å²) in [4.78, 5) is 11.9. The first kappa shape index (κ1) is 11.3. The fourth-order valence-corrected chi connectivity index (χ4v) is 2.15. The van der Waals surface area contributed by atoms with E-state index in [9.17, 15) is 4.79 Å². The Morgan fingerprint density at radius 2 is 2.31 bits per heavy atom. The third kappa shape index (κ3) is 2.69. The fourth-order valence-electron chi connectivity index (χ4n) is 1.35. The van der Waals surface area contributed by atoms with Crippen molar-refractivity contribution in [3.8, 4) is 0 Å². The first-order valence-corrected chi connectivity index (χ1v) is 5.75. The number of methoxy groups -OCH3 is 1. The number of ether oxygens (including phenoxy) is 3. The van der Waals surface area contributed by atoms with Crippen molar-refractivity contribution < 1.29 is 19.0 Å². The Kier molecular flexibility index (Phi) is 3.71. The predicted octanol–water partition coefficient (Wildman–Crippen LogP) is 1.98. The first-order valence-electron chi connectivity index (χ1n) is 4.87. The van der Waals surface area contributed by atoms with Gasteiger partial charge in [0.05, 0.1) is 20.3 Å². The van der Waals surface area contributed by atoms with E-state index in [-0.39, 0.29) is 12.3 Å². The van der Waals surface area contributed by atoms with Gasteiger partial charge in [-0.25, -0.2) is 4.79 Å². The van der Waals surface area contributed by atoms with E-state index in [1.807, 2.05) is 11.4 Å². The molecule has 0 atom stereocenters. The van der Waals surface area contributed by atoms with Gasteiger partial charge in [-0.05, 0) is 17.5 Å². The van der Waals surface area contributed by atoms with Gasteiger partial charge in [-0.3, -0.25) is 0 Å². The van der Waals surface area contributed by atoms with Crippen molar-refractivity contribution in [2.75, 3.05) is 20.3 Å². The number of thiophene rings is 1. The summed E-state index contributed by atoms with van der Waals surface area (Å²) in [5, 5.41) is 1.97. The number of rotatable bonds is 3. The molecule has 1 aromatic heterocycles. The molecule has 86 valence electrons. The van der Waals surface area contributed by atoms with Crippen LogP contribution < -0.4 is 0 Å². The number of carbonyl (C=O) groups is 1. The smallest absolute Gasteiger partial charge is 0.330 e. The molecule has 0 radical (unpaired) electrons. The minimum absolute atomic E-state index is 0.253. The maximum Gasteiger partial charge on any atom is 0.330 e. The van der Waals surface area contributed by atoms with E-state index < -0.39 is 0 Å². The Hall–Kier alpha value is -1.17. The van der Waals surface area contributed by atoms with Crippen LogP contribution in [0, 0.1) is 0 Å². The average molecular weight is 240 g/mol. The topological polar surface area (TPSA) is 44.8 Å². The molecule has 0 bridgehead atoms. The highest BCUT2D eigenvalue weighted by molar-refractivity contribution is 7.11. The highest BCUT2D eigenvalue weighted by Crippen LogP contribution is 2.28. The molecule has 2 heterocycles. The predicted molar refractivity (Wildman–Crippen MR) is 60.0 cm³/mol. The lowest BCUT2D eigenvalue weighted by Crippen LogP contribution is -1.95. The van der Waals surface area contributed by atoms with Gasteiger partial charge in [0.15, 0.2) is 6.29 Å². The van der Waals surface area contributed by atoms with Crippen LogP contribution in [0.5, 0.6) is 0 Å². The molecule has 2 rings (SSSR count). The zero-order chi connectivity index (χ0) is 11.4. The Balaban J connectivity index is 2.01. The number of carbonyl (C=O) groups excluding carboxylic acids is 1. The standard InChI is InChI=1S/C11H12O4S/c1-13-10(12)3-2-9-6-8(7-16-9)11-14-4-5-15-11/h2-3,6-7,11H,4-5H2,1H3. The van der Waals surface area contributed by atoms with Crippen LogP contribution in [-0.4, -0.2) is 26.3 Å². The number of esters is 1. The summed E-state index contributed by atoms with van der Waals surface area (Å²) >= 11 is 1.53. The van der Waals surface area contributed by atoms with Crippen molar-refractivity contribution in [1.29, 1.82) is 0 Å². The zero-order valence-electron chi connectivity index (χ0n) is 8.84. The van der Waals surface area contributed by atoms with E-state index in [2.05, 4.69) is 4.74 Å². The van der Waals surface area contributed by atoms with Gasteiger partial charge in [0.1, 0.15) is 0 Å². The normalized spacial score (nSPS) is 17.1. The Morgan fingerprint density at radius 3 is 3.00 bits per heavy atom. The van der Waals surface area contributed by atoms with Gasteiger partial charge in [0, 0.05) is 16.5 Å². The molecule has 1 fully saturated rings. The second kappa shape index (κ2) is 5.25. The lowest BCUT2D eigenvalue weighted by Gasteiger charge is -2.04. The highest BCUT2D eigenvalue weighted by atomic mass is 32.1. The molecule has 1 saturated heterocycles. The van der Waals surface area contributed by atoms with Crippen LogP contribution in [0.4, 0.5) is 0 Å². The van der Waals surface area contributed by atoms with Crippen LogP contribution in [0.3, 0.4) is 0 Å². The lowest BCUT2D eigenvalue weighted by atomic mass is 10.3. The second-order valence-electron chi connectivity index (χ2n) is 3.21. The minimum Gasteiger partial charge on any atom is -0.466 e. The minimum atomic E-state index is -0.358. The monoisotopic (exact) mass is 240 g/mol. The zero-order valence-corrected chi connectivity index (χ0v) is 9.66. The van der Waals surface area contributed by atoms with Crippen molar-refractivity contribution in [2.24, 2.45) is 0 Å². The summed E-state index contributed by atoms with van der Waals surface area (Å²) in [6, 6.07) is 1.94. The van der Waals surface area contributed by atoms with Gasteiger partial charge >= 0.3 is 5.97 Å². The molecule has 0 saturated carbocycles. The van der Waals surface area contributed by atoms with E-state index in [1.54, 1.807) is 6.08 Å². The van der Waals surface area contributed by atoms with Crippen molar-refractivity contribution in [1.82, 2.24) is 0 Å². The molecule has 1 aliphatic rings. The van der Waals surface area contributed by atoms with Crippen molar-refractivity contribution in [3.63, 3.8) is 0 Å². The molecule has 1 aliphatic heterocycles. The maximum atomic E-state index is 10.9. The van der Waals surface area contributed by atoms with E-state index in [0.29, 0.717) is 13.2 Å². The SMILES string of the molecule is COC(=O)C=Cc1cc(C2OCCO2)cs1. The van der Waals surface area contributed by atoms with Crippen molar-refractivity contribution in [2.45, 2.75) is 6.29 Å². The van der Waals surface area contributed by atoms with Crippen molar-refractivity contribution >= 4 is 23.4 Å². The van der Waals surface area contributed by atoms with Crippen LogP contribution in [0.25, 0.3) is 6.08 Å². The summed E-state index contributed by atoms with van der Waals surface area (Å²) in [7, 11) is 1.35. The molecule has 0 aromatic carbocycles. The molecule has 0 N–H and O–H groups in total. The number of hydrogen-bond acceptors (Lipinski definition) is 5. The van der Waals surface area contributed by atoms with Crippen LogP contribution in [-0.2, 0) is 19.0 Å². The summed E-state index contributed by atoms with van der Waals surface area (Å²) in [5.74, 6) is -0.358. The molecular weight excluding hydrogens is 228 g/mol. The third-order valence-electron chi connectivity index (χ3n) is 2.12. The van der Waals surface area contributed by atoms with Crippen LogP contribution in [0.15, 0.2) is 17.5 Å². The third-order valence-corrected chi connectivity index (χ3v) is 3.03. The van der Waals surface area contributed by atoms with Crippen LogP contribution >= 0.6 is 11.3 Å². The van der Waals surface area contributed by atoms with E-state index in [4.69, 9.17) is 9.47 Å². The van der Waals surface area contributed by atoms with E-state index >= 15 is 0 Å². The highest BCUT2D eigenvalue weighted by Gasteiger charge is 2.18. The molecule has 5 heteroatoms. The van der Waals surface area contributed by atoms with Crippen LogP contribution in [0.1, 0.15) is 16.7 Å². The van der Waals surface area contributed by atoms with Gasteiger partial charge in [-0.15, -0.1) is 11.3 Å². The van der Waals surface area contributed by atoms with Gasteiger partial charge in [-0.2, -0.15) is 0 Å². The molecule has 0 amide bonds. The lowest BCUT2D eigenvalue weighted by molar-refractivity contribution is -0.134. The number of hydrogen-bond donors (Lipinski definition) is 0. The van der Waals surface area contributed by atoms with Gasteiger partial charge in [0.25, 0.3) is 0 Å². The summed E-state index contributed by atoms with van der Waals surface area (Å²) in [6.45, 7) is 1.27. The Morgan fingerprint density at radius 1 is 1.56 bits per heavy atom. The fraction of sp³-hybridized carbons (Fsp3) is 0.364. The molecule has 0 spiro atoms. The quantitative estimate of drug-likeness (QED) is 0.598. The van der Waals surface area contributed by atoms with Crippen LogP contribution in [0.2, 0.25) is 0 Å². The van der Waals surface area contributed by atoms with Gasteiger partial charge < -0.3 is 14.2 Å². The summed E-state index contributed by atoms with van der Waals surface area (Å²) in [6.07, 6.45) is 2.86. The van der Waals surface area contributed by atoms with Gasteiger partial charge in [-0.1, -0.05) is 0 Å². The summed E-state index contributed by atoms with van der Waals surface area (Å²) < 4.78 is 15.2. The molecule has 16 heavy (non-hydrogen) atoms. The van der Waals surface area contributed by atoms with Crippen molar-refractivity contribution in [3.05, 3.63) is 28.0 Å². The van der Waals surface area contributed by atoms with Gasteiger partial charge in [0.2, 0.25) is 0 Å².